The summed E-state index contributed by atoms with van der Waals surface area (Å²) in [5.74, 6) is 1.65. The number of thiophene rings is 1. The van der Waals surface area contributed by atoms with Crippen molar-refractivity contribution in [3.05, 3.63) is 62.0 Å². The van der Waals surface area contributed by atoms with Gasteiger partial charge in [-0.05, 0) is 56.3 Å². The Morgan fingerprint density at radius 3 is 2.61 bits per heavy atom. The van der Waals surface area contributed by atoms with E-state index in [2.05, 4.69) is 20.8 Å². The van der Waals surface area contributed by atoms with Crippen molar-refractivity contribution in [2.45, 2.75) is 59.0 Å². The highest BCUT2D eigenvalue weighted by molar-refractivity contribution is 7.18. The van der Waals surface area contributed by atoms with Crippen molar-refractivity contribution in [3.63, 3.8) is 0 Å². The molecule has 0 fully saturated rings. The Hall–Kier alpha value is -2.31. The predicted molar refractivity (Wildman–Crippen MR) is 127 cm³/mol. The fraction of sp³-hybridized carbons (Fsp3) is 0.480. The molecule has 1 unspecified atom stereocenters. The van der Waals surface area contributed by atoms with Gasteiger partial charge in [0.15, 0.2) is 5.78 Å². The lowest BCUT2D eigenvalue weighted by Crippen LogP contribution is -2.31. The summed E-state index contributed by atoms with van der Waals surface area (Å²) >= 11 is 1.66. The Morgan fingerprint density at radius 1 is 1.26 bits per heavy atom. The number of nitrogens with zero attached hydrogens (tertiary/aromatic N) is 3. The van der Waals surface area contributed by atoms with E-state index in [4.69, 9.17) is 4.98 Å². The molecule has 1 aromatic carbocycles. The molecular formula is C25H31N3O2S. The first-order chi connectivity index (χ1) is 14.7. The fourth-order valence-corrected chi connectivity index (χ4v) is 5.71. The van der Waals surface area contributed by atoms with E-state index in [1.165, 1.54) is 10.4 Å². The second-order valence-electron chi connectivity index (χ2n) is 9.39. The Balaban J connectivity index is 1.76. The molecule has 1 aliphatic rings. The molecule has 1 aliphatic carbocycles. The summed E-state index contributed by atoms with van der Waals surface area (Å²) in [4.78, 5) is 35.7. The molecule has 6 heteroatoms. The smallest absolute Gasteiger partial charge is 0.263 e. The molecule has 0 N–H and O–H groups in total. The van der Waals surface area contributed by atoms with Gasteiger partial charge in [-0.3, -0.25) is 14.2 Å². The second-order valence-corrected chi connectivity index (χ2v) is 10.5. The van der Waals surface area contributed by atoms with Crippen molar-refractivity contribution in [2.75, 3.05) is 14.1 Å². The summed E-state index contributed by atoms with van der Waals surface area (Å²) in [5.41, 5.74) is 2.92. The van der Waals surface area contributed by atoms with Gasteiger partial charge in [0.2, 0.25) is 0 Å². The molecule has 2 aromatic heterocycles. The van der Waals surface area contributed by atoms with Crippen LogP contribution in [0, 0.1) is 5.92 Å². The van der Waals surface area contributed by atoms with E-state index in [-0.39, 0.29) is 17.9 Å². The third kappa shape index (κ3) is 4.37. The first kappa shape index (κ1) is 21.9. The molecule has 164 valence electrons. The molecule has 0 saturated carbocycles. The maximum absolute atomic E-state index is 13.6. The molecule has 0 aliphatic heterocycles. The van der Waals surface area contributed by atoms with Gasteiger partial charge in [-0.1, -0.05) is 45.0 Å². The third-order valence-corrected chi connectivity index (χ3v) is 7.30. The Labute approximate surface area is 187 Å². The normalized spacial score (nSPS) is 16.3. The van der Waals surface area contributed by atoms with Gasteiger partial charge >= 0.3 is 0 Å². The first-order valence-electron chi connectivity index (χ1n) is 11.1. The molecule has 0 radical (unpaired) electrons. The minimum atomic E-state index is -0.0685. The highest BCUT2D eigenvalue weighted by Gasteiger charge is 2.25. The number of Topliss-reactive ketones (excluding diaryl/α,β-unsaturated/α-hetero) is 1. The maximum Gasteiger partial charge on any atom is 0.263 e. The lowest BCUT2D eigenvalue weighted by Gasteiger charge is -2.18. The third-order valence-electron chi connectivity index (χ3n) is 6.15. The van der Waals surface area contributed by atoms with Gasteiger partial charge in [-0.2, -0.15) is 0 Å². The number of carbonyl (C=O) groups is 1. The SMILES string of the molecule is CC1CCc2c(sc3nc(CN(C)C)n(CC(=O)c4ccc(C(C)C)cc4)c(=O)c23)C1. The van der Waals surface area contributed by atoms with Crippen LogP contribution in [0.4, 0.5) is 0 Å². The zero-order chi connectivity index (χ0) is 22.3. The molecule has 31 heavy (non-hydrogen) atoms. The van der Waals surface area contributed by atoms with Crippen molar-refractivity contribution >= 4 is 27.3 Å². The molecule has 0 amide bonds. The molecule has 1 atom stereocenters. The van der Waals surface area contributed by atoms with Gasteiger partial charge < -0.3 is 4.90 Å². The minimum Gasteiger partial charge on any atom is -0.302 e. The van der Waals surface area contributed by atoms with E-state index < -0.39 is 0 Å². The van der Waals surface area contributed by atoms with Crippen LogP contribution < -0.4 is 5.56 Å². The first-order valence-corrected chi connectivity index (χ1v) is 11.9. The number of ketones is 1. The van der Waals surface area contributed by atoms with E-state index in [9.17, 15) is 9.59 Å². The van der Waals surface area contributed by atoms with Crippen LogP contribution >= 0.6 is 11.3 Å². The van der Waals surface area contributed by atoms with Crippen molar-refractivity contribution in [3.8, 4) is 0 Å². The van der Waals surface area contributed by atoms with Gasteiger partial charge in [-0.25, -0.2) is 4.98 Å². The van der Waals surface area contributed by atoms with Crippen LogP contribution in [0.5, 0.6) is 0 Å². The predicted octanol–water partition coefficient (Wildman–Crippen LogP) is 4.65. The summed E-state index contributed by atoms with van der Waals surface area (Å²) < 4.78 is 1.60. The van der Waals surface area contributed by atoms with Crippen molar-refractivity contribution in [1.29, 1.82) is 0 Å². The number of hydrogen-bond donors (Lipinski definition) is 0. The van der Waals surface area contributed by atoms with E-state index in [1.54, 1.807) is 15.9 Å². The van der Waals surface area contributed by atoms with Gasteiger partial charge in [0.05, 0.1) is 18.5 Å². The highest BCUT2D eigenvalue weighted by Crippen LogP contribution is 2.36. The van der Waals surface area contributed by atoms with Crippen LogP contribution in [0.3, 0.4) is 0 Å². The van der Waals surface area contributed by atoms with E-state index in [1.807, 2.05) is 43.3 Å². The molecule has 0 bridgehead atoms. The zero-order valence-electron chi connectivity index (χ0n) is 19.1. The maximum atomic E-state index is 13.6. The zero-order valence-corrected chi connectivity index (χ0v) is 19.9. The van der Waals surface area contributed by atoms with Gasteiger partial charge in [0.1, 0.15) is 10.7 Å². The fourth-order valence-electron chi connectivity index (χ4n) is 4.32. The molecule has 0 saturated heterocycles. The Kier molecular flexibility index (Phi) is 6.13. The molecular weight excluding hydrogens is 406 g/mol. The van der Waals surface area contributed by atoms with Crippen LogP contribution in [0.2, 0.25) is 0 Å². The lowest BCUT2D eigenvalue weighted by atomic mass is 9.89. The van der Waals surface area contributed by atoms with E-state index in [0.29, 0.717) is 29.8 Å². The quantitative estimate of drug-likeness (QED) is 0.527. The Bertz CT molecular complexity index is 1170. The van der Waals surface area contributed by atoms with Crippen LogP contribution in [0.1, 0.15) is 65.3 Å². The summed E-state index contributed by atoms with van der Waals surface area (Å²) in [7, 11) is 3.91. The standard InChI is InChI=1S/C25H31N3O2S/c1-15(2)17-7-9-18(10-8-17)20(29)13-28-22(14-27(4)5)26-24-23(25(28)30)19-11-6-16(3)12-21(19)31-24/h7-10,15-16H,6,11-14H2,1-5H3. The number of hydrogen-bond acceptors (Lipinski definition) is 5. The number of benzene rings is 1. The van der Waals surface area contributed by atoms with E-state index in [0.717, 1.165) is 35.0 Å². The number of carbonyl (C=O) groups excluding carboxylic acids is 1. The molecule has 4 rings (SSSR count). The minimum absolute atomic E-state index is 0.0208. The molecule has 2 heterocycles. The van der Waals surface area contributed by atoms with Crippen molar-refractivity contribution in [1.82, 2.24) is 14.5 Å². The van der Waals surface area contributed by atoms with Gasteiger partial charge in [0.25, 0.3) is 5.56 Å². The van der Waals surface area contributed by atoms with Crippen LogP contribution in [0.25, 0.3) is 10.2 Å². The Morgan fingerprint density at radius 2 is 1.97 bits per heavy atom. The van der Waals surface area contributed by atoms with Gasteiger partial charge in [0, 0.05) is 10.4 Å². The van der Waals surface area contributed by atoms with Crippen LogP contribution in [-0.2, 0) is 25.9 Å². The second kappa shape index (κ2) is 8.67. The topological polar surface area (TPSA) is 55.2 Å². The van der Waals surface area contributed by atoms with Gasteiger partial charge in [-0.15, -0.1) is 11.3 Å². The average Bonchev–Trinajstić information content (AvgIpc) is 3.07. The van der Waals surface area contributed by atoms with Crippen molar-refractivity contribution < 1.29 is 4.79 Å². The van der Waals surface area contributed by atoms with Crippen molar-refractivity contribution in [2.24, 2.45) is 5.92 Å². The average molecular weight is 438 g/mol. The number of aromatic nitrogens is 2. The summed E-state index contributed by atoms with van der Waals surface area (Å²) in [6.45, 7) is 7.07. The van der Waals surface area contributed by atoms with E-state index >= 15 is 0 Å². The molecule has 3 aromatic rings. The molecule has 0 spiro atoms. The number of rotatable bonds is 6. The largest absolute Gasteiger partial charge is 0.302 e. The van der Waals surface area contributed by atoms with Crippen LogP contribution in [-0.4, -0.2) is 34.3 Å². The number of aryl methyl sites for hydroxylation is 1. The number of fused-ring (bicyclic) bond motifs is 3. The highest BCUT2D eigenvalue weighted by atomic mass is 32.1. The lowest BCUT2D eigenvalue weighted by molar-refractivity contribution is 0.0968. The summed E-state index contributed by atoms with van der Waals surface area (Å²) in [5, 5.41) is 0.734. The molecule has 5 nitrogen and oxygen atoms in total. The van der Waals surface area contributed by atoms with Crippen LogP contribution in [0.15, 0.2) is 29.1 Å². The summed E-state index contributed by atoms with van der Waals surface area (Å²) in [6, 6.07) is 7.74. The monoisotopic (exact) mass is 437 g/mol. The summed E-state index contributed by atoms with van der Waals surface area (Å²) in [6.07, 6.45) is 3.03.